The number of nitrogens with one attached hydrogen (secondary N) is 1. The molecule has 2 aromatic carbocycles. The molecule has 0 atom stereocenters. The molecule has 0 aromatic heterocycles. The van der Waals surface area contributed by atoms with Crippen molar-refractivity contribution in [2.75, 3.05) is 5.32 Å². The van der Waals surface area contributed by atoms with Gasteiger partial charge in [0.25, 0.3) is 0 Å². The van der Waals surface area contributed by atoms with Crippen LogP contribution in [-0.2, 0) is 4.79 Å². The first kappa shape index (κ1) is 17.3. The number of esters is 1. The van der Waals surface area contributed by atoms with Gasteiger partial charge < -0.3 is 11.5 Å². The summed E-state index contributed by atoms with van der Waals surface area (Å²) in [4.78, 5) is 10.9. The molecule has 0 unspecified atom stereocenters. The molecule has 2 aromatic rings. The predicted octanol–water partition coefficient (Wildman–Crippen LogP) is 1.78. The molecule has 3 nitrogen and oxygen atoms in total. The molecule has 0 fully saturated rings. The van der Waals surface area contributed by atoms with Crippen LogP contribution >= 0.6 is 23.2 Å². The molecule has 0 radical (unpaired) electrons. The molecule has 0 spiro atoms. The monoisotopic (exact) mass is 319 g/mol. The van der Waals surface area contributed by atoms with Crippen molar-refractivity contribution in [3.8, 4) is 5.75 Å². The van der Waals surface area contributed by atoms with Crippen LogP contribution in [0.4, 0.5) is 11.4 Å². The first-order valence-electron chi connectivity index (χ1n) is 5.56. The van der Waals surface area contributed by atoms with E-state index < -0.39 is 0 Å². The number of para-hydroxylation sites is 1. The van der Waals surface area contributed by atoms with Crippen molar-refractivity contribution in [1.29, 1.82) is 0 Å². The normalized spacial score (nSPS) is 9.55. The fourth-order valence-electron chi connectivity index (χ4n) is 1.56. The van der Waals surface area contributed by atoms with Gasteiger partial charge >= 0.3 is 35.5 Å². The van der Waals surface area contributed by atoms with E-state index in [0.29, 0.717) is 21.5 Å². The quantitative estimate of drug-likeness (QED) is 0.532. The Morgan fingerprint density at radius 1 is 1.15 bits per heavy atom. The number of carbonyl (C=O) groups excluding carboxylic acids is 1. The Balaban J connectivity index is 0.00000200. The zero-order valence-electron chi connectivity index (χ0n) is 12.1. The molecule has 0 aliphatic rings. The van der Waals surface area contributed by atoms with E-state index in [2.05, 4.69) is 5.32 Å². The molecule has 6 heteroatoms. The number of ether oxygens (including phenoxy) is 1. The molecule has 100 valence electrons. The average molecular weight is 320 g/mol. The van der Waals surface area contributed by atoms with Gasteiger partial charge in [0.2, 0.25) is 0 Å². The van der Waals surface area contributed by atoms with E-state index in [-0.39, 0.29) is 37.0 Å². The summed E-state index contributed by atoms with van der Waals surface area (Å²) in [5.74, 6) is 0.0913. The van der Waals surface area contributed by atoms with E-state index in [1.165, 1.54) is 6.92 Å². The van der Waals surface area contributed by atoms with Crippen molar-refractivity contribution >= 4 is 40.5 Å². The van der Waals surface area contributed by atoms with Gasteiger partial charge in [-0.05, 0) is 24.3 Å². The van der Waals surface area contributed by atoms with Crippen LogP contribution in [0.3, 0.4) is 0 Å². The van der Waals surface area contributed by atoms with Crippen molar-refractivity contribution in [1.82, 2.24) is 0 Å². The van der Waals surface area contributed by atoms with E-state index in [9.17, 15) is 4.79 Å². The van der Waals surface area contributed by atoms with E-state index in [4.69, 9.17) is 27.9 Å². The van der Waals surface area contributed by atoms with E-state index in [0.717, 1.165) is 5.69 Å². The maximum atomic E-state index is 10.9. The molecule has 2 rings (SSSR count). The van der Waals surface area contributed by atoms with Crippen molar-refractivity contribution in [2.24, 2.45) is 0 Å². The van der Waals surface area contributed by atoms with Crippen molar-refractivity contribution in [3.05, 3.63) is 52.5 Å². The van der Waals surface area contributed by atoms with Gasteiger partial charge in [-0.15, -0.1) is 0 Å². The summed E-state index contributed by atoms with van der Waals surface area (Å²) in [6.45, 7) is 1.35. The van der Waals surface area contributed by atoms with Gasteiger partial charge in [-0.3, -0.25) is 4.79 Å². The summed E-state index contributed by atoms with van der Waals surface area (Å²) in [5.41, 5.74) is 1.35. The molecule has 1 N–H and O–H groups in total. The van der Waals surface area contributed by atoms with E-state index in [1.54, 1.807) is 36.4 Å². The van der Waals surface area contributed by atoms with Crippen LogP contribution in [0.25, 0.3) is 0 Å². The minimum absolute atomic E-state index is 0. The zero-order valence-corrected chi connectivity index (χ0v) is 14.6. The largest absolute Gasteiger partial charge is 1.00 e. The third kappa shape index (κ3) is 4.69. The molecule has 0 aliphatic carbocycles. The van der Waals surface area contributed by atoms with Crippen LogP contribution in [0.15, 0.2) is 42.5 Å². The molecule has 20 heavy (non-hydrogen) atoms. The Hall–Kier alpha value is -0.710. The number of halogens is 2. The molecule has 0 bridgehead atoms. The van der Waals surface area contributed by atoms with Crippen LogP contribution in [-0.4, -0.2) is 5.97 Å². The predicted molar refractivity (Wildman–Crippen MR) is 78.6 cm³/mol. The molecule has 0 saturated heterocycles. The van der Waals surface area contributed by atoms with Crippen LogP contribution < -0.4 is 39.6 Å². The van der Waals surface area contributed by atoms with Crippen LogP contribution in [0.1, 0.15) is 8.35 Å². The van der Waals surface area contributed by atoms with Crippen molar-refractivity contribution < 1.29 is 40.5 Å². The minimum Gasteiger partial charge on any atom is -1.00 e. The molecule has 0 heterocycles. The maximum Gasteiger partial charge on any atom is 1.00 e. The summed E-state index contributed by atoms with van der Waals surface area (Å²) < 4.78 is 5.01. The van der Waals surface area contributed by atoms with Crippen LogP contribution in [0.5, 0.6) is 5.75 Å². The average Bonchev–Trinajstić information content (AvgIpc) is 2.34. The number of anilines is 2. The third-order valence-electron chi connectivity index (χ3n) is 2.33. The summed E-state index contributed by atoms with van der Waals surface area (Å²) in [6.07, 6.45) is 0. The third-order valence-corrected chi connectivity index (χ3v) is 2.96. The number of rotatable bonds is 3. The van der Waals surface area contributed by atoms with Crippen molar-refractivity contribution in [2.45, 2.75) is 6.92 Å². The maximum absolute atomic E-state index is 10.9. The number of benzene rings is 2. The number of carbonyl (C=O) groups is 1. The Kier molecular flexibility index (Phi) is 6.86. The Labute approximate surface area is 151 Å². The van der Waals surface area contributed by atoms with Gasteiger partial charge in [-0.25, -0.2) is 0 Å². The summed E-state index contributed by atoms with van der Waals surface area (Å²) in [6, 6.07) is 12.2. The second-order valence-electron chi connectivity index (χ2n) is 3.84. The van der Waals surface area contributed by atoms with Gasteiger partial charge in [0.15, 0.2) is 0 Å². The smallest absolute Gasteiger partial charge is 1.00 e. The van der Waals surface area contributed by atoms with Gasteiger partial charge in [-0.2, -0.15) is 0 Å². The van der Waals surface area contributed by atoms with Gasteiger partial charge in [0.1, 0.15) is 5.75 Å². The number of hydrogen-bond donors (Lipinski definition) is 1. The van der Waals surface area contributed by atoms with E-state index in [1.807, 2.05) is 6.07 Å². The van der Waals surface area contributed by atoms with Gasteiger partial charge in [0, 0.05) is 18.7 Å². The van der Waals surface area contributed by atoms with Crippen LogP contribution in [0.2, 0.25) is 10.0 Å². The molecule has 0 amide bonds. The topological polar surface area (TPSA) is 38.3 Å². The summed E-state index contributed by atoms with van der Waals surface area (Å²) in [7, 11) is 0. The first-order valence-corrected chi connectivity index (χ1v) is 6.31. The van der Waals surface area contributed by atoms with Crippen molar-refractivity contribution in [3.63, 3.8) is 0 Å². The van der Waals surface area contributed by atoms with Crippen LogP contribution in [0, 0.1) is 0 Å². The number of hydrogen-bond acceptors (Lipinski definition) is 3. The van der Waals surface area contributed by atoms with Gasteiger partial charge in [0.05, 0.1) is 15.7 Å². The molecular weight excluding hydrogens is 308 g/mol. The summed E-state index contributed by atoms with van der Waals surface area (Å²) in [5, 5.41) is 4.14. The molecule has 0 aliphatic heterocycles. The van der Waals surface area contributed by atoms with Gasteiger partial charge in [-0.1, -0.05) is 35.3 Å². The second kappa shape index (κ2) is 7.91. The summed E-state index contributed by atoms with van der Waals surface area (Å²) >= 11 is 12.1. The Morgan fingerprint density at radius 3 is 2.35 bits per heavy atom. The minimum atomic E-state index is -0.368. The SMILES string of the molecule is CC(=O)Oc1cccc(Nc2c(Cl)cccc2Cl)c1.[H-].[Na+]. The Bertz CT molecular complexity index is 605. The molecular formula is C14H12Cl2NNaO2. The standard InChI is InChI=1S/C14H11Cl2NO2.Na.H/c1-9(18)19-11-5-2-4-10(8-11)17-14-12(15)6-3-7-13(14)16;;/h2-8,17H,1H3;;/q;+1;-1. The fourth-order valence-corrected chi connectivity index (χ4v) is 2.06. The van der Waals surface area contributed by atoms with E-state index >= 15 is 0 Å². The fraction of sp³-hybridized carbons (Fsp3) is 0.0714. The zero-order chi connectivity index (χ0) is 13.8. The Morgan fingerprint density at radius 2 is 1.75 bits per heavy atom. The molecule has 0 saturated carbocycles. The second-order valence-corrected chi connectivity index (χ2v) is 4.66. The first-order chi connectivity index (χ1) is 9.06.